The predicted molar refractivity (Wildman–Crippen MR) is 143 cm³/mol. The predicted octanol–water partition coefficient (Wildman–Crippen LogP) is 5.91. The molecule has 1 aromatic rings. The first-order chi connectivity index (χ1) is 17.5. The number of hydrogen-bond donors (Lipinski definition) is 1. The van der Waals surface area contributed by atoms with E-state index in [1.807, 2.05) is 0 Å². The van der Waals surface area contributed by atoms with E-state index in [-0.39, 0.29) is 31.9 Å². The molecule has 0 aromatic carbocycles. The van der Waals surface area contributed by atoms with Crippen molar-refractivity contribution in [2.45, 2.75) is 109 Å². The van der Waals surface area contributed by atoms with Gasteiger partial charge in [0.15, 0.2) is 0 Å². The minimum absolute atomic E-state index is 0.0774. The minimum Gasteiger partial charge on any atom is -0.383 e. The van der Waals surface area contributed by atoms with E-state index in [4.69, 9.17) is 24.3 Å². The second-order valence-corrected chi connectivity index (χ2v) is 11.6. The normalized spacial score (nSPS) is 20.1. The minimum atomic E-state index is -3.29. The fourth-order valence-corrected chi connectivity index (χ4v) is 5.56. The van der Waals surface area contributed by atoms with Crippen LogP contribution in [0.2, 0.25) is 0 Å². The molecule has 2 N–H and O–H groups in total. The molecule has 0 radical (unpaired) electrons. The van der Waals surface area contributed by atoms with Crippen LogP contribution in [0, 0.1) is 0 Å². The standard InChI is InChI=1S/C26H48N3O6P/c1-2-3-4-5-6-7-8-9-10-11-12-13-14-15-18-32-19-20-34-36(31)23-33-24(22-35-36)21-29-17-16-25(27)28-26(29)30/h16-17,24H,2-15,18-23H2,1H3,(H2,27,28,30)/t24-,36?/m0/s1. The van der Waals surface area contributed by atoms with Crippen LogP contribution >= 0.6 is 7.60 Å². The van der Waals surface area contributed by atoms with Crippen molar-refractivity contribution >= 4 is 13.4 Å². The van der Waals surface area contributed by atoms with Gasteiger partial charge in [0.1, 0.15) is 18.3 Å². The highest BCUT2D eigenvalue weighted by atomic mass is 31.2. The van der Waals surface area contributed by atoms with Gasteiger partial charge in [0.05, 0.1) is 26.4 Å². The maximum absolute atomic E-state index is 12.6. The Labute approximate surface area is 217 Å². The molecule has 1 fully saturated rings. The molecule has 0 amide bonds. The third-order valence-electron chi connectivity index (χ3n) is 6.38. The van der Waals surface area contributed by atoms with Crippen LogP contribution in [0.4, 0.5) is 5.82 Å². The molecule has 2 heterocycles. The lowest BCUT2D eigenvalue weighted by molar-refractivity contribution is -0.0179. The van der Waals surface area contributed by atoms with E-state index in [1.54, 1.807) is 6.20 Å². The Bertz CT molecular complexity index is 794. The zero-order chi connectivity index (χ0) is 25.9. The van der Waals surface area contributed by atoms with Gasteiger partial charge in [-0.05, 0) is 12.5 Å². The van der Waals surface area contributed by atoms with E-state index < -0.39 is 19.4 Å². The monoisotopic (exact) mass is 529 g/mol. The lowest BCUT2D eigenvalue weighted by Crippen LogP contribution is -2.35. The molecule has 1 aromatic heterocycles. The van der Waals surface area contributed by atoms with Gasteiger partial charge < -0.3 is 24.3 Å². The van der Waals surface area contributed by atoms with Crippen molar-refractivity contribution in [1.82, 2.24) is 9.55 Å². The van der Waals surface area contributed by atoms with Crippen molar-refractivity contribution in [3.8, 4) is 0 Å². The van der Waals surface area contributed by atoms with Crippen molar-refractivity contribution in [3.05, 3.63) is 22.7 Å². The maximum Gasteiger partial charge on any atom is 0.356 e. The van der Waals surface area contributed by atoms with Gasteiger partial charge in [0.25, 0.3) is 0 Å². The van der Waals surface area contributed by atoms with Crippen molar-refractivity contribution in [2.75, 3.05) is 38.5 Å². The number of aromatic nitrogens is 2. The summed E-state index contributed by atoms with van der Waals surface area (Å²) in [4.78, 5) is 15.5. The lowest BCUT2D eigenvalue weighted by atomic mass is 10.0. The molecule has 1 aliphatic heterocycles. The van der Waals surface area contributed by atoms with Gasteiger partial charge >= 0.3 is 13.3 Å². The average molecular weight is 530 g/mol. The summed E-state index contributed by atoms with van der Waals surface area (Å²) in [5, 5.41) is 0. The third-order valence-corrected chi connectivity index (χ3v) is 7.96. The molecule has 1 aliphatic rings. The van der Waals surface area contributed by atoms with Crippen LogP contribution in [0.25, 0.3) is 0 Å². The molecule has 2 rings (SSSR count). The van der Waals surface area contributed by atoms with Gasteiger partial charge in [0.2, 0.25) is 0 Å². The molecule has 0 bridgehead atoms. The first-order valence-corrected chi connectivity index (χ1v) is 15.7. The van der Waals surface area contributed by atoms with Gasteiger partial charge in [-0.2, -0.15) is 4.98 Å². The quantitative estimate of drug-likeness (QED) is 0.154. The first kappa shape index (κ1) is 31.0. The van der Waals surface area contributed by atoms with Crippen LogP contribution in [0.1, 0.15) is 96.8 Å². The molecular weight excluding hydrogens is 481 g/mol. The Hall–Kier alpha value is -1.25. The van der Waals surface area contributed by atoms with Gasteiger partial charge in [0, 0.05) is 12.8 Å². The zero-order valence-electron chi connectivity index (χ0n) is 22.2. The maximum atomic E-state index is 12.6. The number of anilines is 1. The van der Waals surface area contributed by atoms with Crippen molar-refractivity contribution in [1.29, 1.82) is 0 Å². The Morgan fingerprint density at radius 2 is 1.58 bits per heavy atom. The number of nitrogens with zero attached hydrogens (tertiary/aromatic N) is 2. The highest BCUT2D eigenvalue weighted by Crippen LogP contribution is 2.50. The molecule has 10 heteroatoms. The molecule has 36 heavy (non-hydrogen) atoms. The molecule has 2 atom stereocenters. The smallest absolute Gasteiger partial charge is 0.356 e. The van der Waals surface area contributed by atoms with Crippen molar-refractivity contribution in [2.24, 2.45) is 0 Å². The molecule has 0 aliphatic carbocycles. The SMILES string of the molecule is CCCCCCCCCCCCCCCCOCCOP1(=O)CO[C@@H](Cn2ccc(N)nc2=O)CO1. The number of hydrogen-bond acceptors (Lipinski definition) is 8. The number of nitrogen functional groups attached to an aromatic ring is 1. The summed E-state index contributed by atoms with van der Waals surface area (Å²) in [7, 11) is -3.29. The summed E-state index contributed by atoms with van der Waals surface area (Å²) in [6, 6.07) is 1.54. The van der Waals surface area contributed by atoms with Gasteiger partial charge in [-0.1, -0.05) is 90.4 Å². The summed E-state index contributed by atoms with van der Waals surface area (Å²) >= 11 is 0. The zero-order valence-corrected chi connectivity index (χ0v) is 23.1. The van der Waals surface area contributed by atoms with Gasteiger partial charge in [-0.3, -0.25) is 9.13 Å². The highest BCUT2D eigenvalue weighted by molar-refractivity contribution is 7.53. The molecule has 0 saturated carbocycles. The van der Waals surface area contributed by atoms with Crippen LogP contribution < -0.4 is 11.4 Å². The second-order valence-electron chi connectivity index (χ2n) is 9.65. The highest BCUT2D eigenvalue weighted by Gasteiger charge is 2.33. The number of unbranched alkanes of at least 4 members (excludes halogenated alkanes) is 13. The van der Waals surface area contributed by atoms with E-state index in [1.165, 1.54) is 94.1 Å². The topological polar surface area (TPSA) is 115 Å². The molecule has 1 unspecified atom stereocenters. The fraction of sp³-hybridized carbons (Fsp3) is 0.846. The van der Waals surface area contributed by atoms with E-state index >= 15 is 0 Å². The third kappa shape index (κ3) is 13.9. The first-order valence-electron chi connectivity index (χ1n) is 13.9. The number of rotatable bonds is 21. The van der Waals surface area contributed by atoms with Crippen LogP contribution in [0.3, 0.4) is 0 Å². The van der Waals surface area contributed by atoms with Gasteiger partial charge in [-0.15, -0.1) is 0 Å². The van der Waals surface area contributed by atoms with Crippen molar-refractivity contribution in [3.63, 3.8) is 0 Å². The van der Waals surface area contributed by atoms with Crippen LogP contribution in [0.5, 0.6) is 0 Å². The van der Waals surface area contributed by atoms with Crippen LogP contribution in [0.15, 0.2) is 17.1 Å². The lowest BCUT2D eigenvalue weighted by Gasteiger charge is -2.29. The van der Waals surface area contributed by atoms with E-state index in [2.05, 4.69) is 11.9 Å². The molecular formula is C26H48N3O6P. The molecule has 9 nitrogen and oxygen atoms in total. The van der Waals surface area contributed by atoms with Gasteiger partial charge in [-0.25, -0.2) is 4.79 Å². The largest absolute Gasteiger partial charge is 0.383 e. The second kappa shape index (κ2) is 18.9. The van der Waals surface area contributed by atoms with E-state index in [0.29, 0.717) is 13.2 Å². The summed E-state index contributed by atoms with van der Waals surface area (Å²) in [5.74, 6) is 0.168. The molecule has 1 saturated heterocycles. The summed E-state index contributed by atoms with van der Waals surface area (Å²) in [6.45, 7) is 3.86. The Morgan fingerprint density at radius 3 is 2.14 bits per heavy atom. The number of ether oxygens (including phenoxy) is 2. The summed E-state index contributed by atoms with van der Waals surface area (Å²) in [6.07, 6.45) is 19.6. The fourth-order valence-electron chi connectivity index (χ4n) is 4.20. The Balaban J connectivity index is 1.37. The summed E-state index contributed by atoms with van der Waals surface area (Å²) < 4.78 is 36.0. The molecule has 0 spiro atoms. The van der Waals surface area contributed by atoms with Crippen molar-refractivity contribution < 1.29 is 23.1 Å². The van der Waals surface area contributed by atoms with Crippen LogP contribution in [-0.4, -0.2) is 48.4 Å². The van der Waals surface area contributed by atoms with Crippen LogP contribution in [-0.2, 0) is 29.6 Å². The van der Waals surface area contributed by atoms with E-state index in [9.17, 15) is 9.36 Å². The van der Waals surface area contributed by atoms with E-state index in [0.717, 1.165) is 6.42 Å². The Morgan fingerprint density at radius 1 is 0.972 bits per heavy atom. The summed E-state index contributed by atoms with van der Waals surface area (Å²) in [5.41, 5.74) is 5.03. The molecule has 208 valence electrons. The number of nitrogens with two attached hydrogens (primary N) is 1. The Kier molecular flexibility index (Phi) is 16.3. The average Bonchev–Trinajstić information content (AvgIpc) is 2.86.